The number of unbranched alkanes of at least 4 members (excludes halogenated alkanes) is 12. The van der Waals surface area contributed by atoms with Gasteiger partial charge >= 0.3 is 0 Å². The fourth-order valence-corrected chi connectivity index (χ4v) is 6.64. The van der Waals surface area contributed by atoms with Gasteiger partial charge in [0, 0.05) is 17.6 Å². The first kappa shape index (κ1) is 23.5. The average Bonchev–Trinajstić information content (AvgIpc) is 2.67. The van der Waals surface area contributed by atoms with E-state index in [1.165, 1.54) is 77.0 Å². The van der Waals surface area contributed by atoms with E-state index in [9.17, 15) is 4.57 Å². The van der Waals surface area contributed by atoms with E-state index >= 15 is 0 Å². The smallest absolute Gasteiger partial charge is 0.115 e. The van der Waals surface area contributed by atoms with E-state index in [1.807, 2.05) is 6.07 Å². The van der Waals surface area contributed by atoms with Crippen molar-refractivity contribution in [1.29, 1.82) is 0 Å². The summed E-state index contributed by atoms with van der Waals surface area (Å²) in [7, 11) is -2.19. The van der Waals surface area contributed by atoms with Gasteiger partial charge in [-0.25, -0.2) is 0 Å². The van der Waals surface area contributed by atoms with Gasteiger partial charge in [0.2, 0.25) is 0 Å². The highest BCUT2D eigenvalue weighted by atomic mass is 31.2. The van der Waals surface area contributed by atoms with Gasteiger partial charge in [0.05, 0.1) is 0 Å². The van der Waals surface area contributed by atoms with Crippen LogP contribution >= 0.6 is 7.14 Å². The lowest BCUT2D eigenvalue weighted by molar-refractivity contribution is 0.564. The maximum atomic E-state index is 13.7. The number of hydrogen-bond acceptors (Lipinski definition) is 1. The van der Waals surface area contributed by atoms with Crippen LogP contribution in [-0.4, -0.2) is 12.3 Å². The lowest BCUT2D eigenvalue weighted by atomic mass is 10.1. The van der Waals surface area contributed by atoms with Crippen LogP contribution in [0, 0.1) is 0 Å². The normalized spacial score (nSPS) is 11.8. The van der Waals surface area contributed by atoms with Gasteiger partial charge in [-0.05, 0) is 12.8 Å². The highest BCUT2D eigenvalue weighted by molar-refractivity contribution is 7.71. The standard InChI is InChI=1S/C24H43OP/c1-3-5-7-9-11-13-18-22-26(25,24-20-16-15-17-21-24)23-19-14-12-10-8-6-4-2/h15-17,20-21H,3-14,18-19,22-23H2,1-2H3. The summed E-state index contributed by atoms with van der Waals surface area (Å²) in [6, 6.07) is 10.3. The zero-order chi connectivity index (χ0) is 18.9. The average molecular weight is 379 g/mol. The van der Waals surface area contributed by atoms with Gasteiger partial charge in [-0.15, -0.1) is 0 Å². The first-order chi connectivity index (χ1) is 12.7. The highest BCUT2D eigenvalue weighted by Crippen LogP contribution is 2.46. The van der Waals surface area contributed by atoms with Crippen LogP contribution in [0.25, 0.3) is 0 Å². The SMILES string of the molecule is CCCCCCCCCP(=O)(CCCCCCCCC)c1ccccc1. The second kappa shape index (κ2) is 15.5. The number of hydrogen-bond donors (Lipinski definition) is 0. The molecule has 0 amide bonds. The van der Waals surface area contributed by atoms with E-state index in [-0.39, 0.29) is 0 Å². The van der Waals surface area contributed by atoms with Crippen LogP contribution in [0.4, 0.5) is 0 Å². The van der Waals surface area contributed by atoms with Crippen LogP contribution in [0.2, 0.25) is 0 Å². The topological polar surface area (TPSA) is 17.1 Å². The summed E-state index contributed by atoms with van der Waals surface area (Å²) in [4.78, 5) is 0. The molecule has 150 valence electrons. The van der Waals surface area contributed by atoms with Crippen LogP contribution in [0.5, 0.6) is 0 Å². The summed E-state index contributed by atoms with van der Waals surface area (Å²) in [5, 5.41) is 1.12. The number of benzene rings is 1. The lowest BCUT2D eigenvalue weighted by Gasteiger charge is -2.19. The summed E-state index contributed by atoms with van der Waals surface area (Å²) >= 11 is 0. The zero-order valence-electron chi connectivity index (χ0n) is 17.6. The maximum absolute atomic E-state index is 13.7. The Kier molecular flexibility index (Phi) is 14.0. The minimum Gasteiger partial charge on any atom is -0.319 e. The van der Waals surface area contributed by atoms with Crippen LogP contribution in [0.15, 0.2) is 30.3 Å². The Hall–Kier alpha value is -0.550. The molecule has 0 heterocycles. The van der Waals surface area contributed by atoms with Crippen molar-refractivity contribution in [3.8, 4) is 0 Å². The summed E-state index contributed by atoms with van der Waals surface area (Å²) < 4.78 is 13.7. The third-order valence-corrected chi connectivity index (χ3v) is 8.79. The Morgan fingerprint density at radius 3 is 1.38 bits per heavy atom. The molecule has 0 saturated carbocycles. The van der Waals surface area contributed by atoms with Gasteiger partial charge in [0.1, 0.15) is 7.14 Å². The molecule has 0 aliphatic carbocycles. The van der Waals surface area contributed by atoms with E-state index in [2.05, 4.69) is 38.1 Å². The van der Waals surface area contributed by atoms with Crippen molar-refractivity contribution in [2.24, 2.45) is 0 Å². The Morgan fingerprint density at radius 1 is 0.577 bits per heavy atom. The van der Waals surface area contributed by atoms with Crippen LogP contribution in [0.3, 0.4) is 0 Å². The molecule has 26 heavy (non-hydrogen) atoms. The fraction of sp³-hybridized carbons (Fsp3) is 0.750. The van der Waals surface area contributed by atoms with E-state index in [0.29, 0.717) is 0 Å². The predicted molar refractivity (Wildman–Crippen MR) is 119 cm³/mol. The molecule has 0 atom stereocenters. The monoisotopic (exact) mass is 378 g/mol. The molecule has 1 aromatic rings. The molecule has 0 bridgehead atoms. The zero-order valence-corrected chi connectivity index (χ0v) is 18.5. The Labute approximate surface area is 163 Å². The van der Waals surface area contributed by atoms with Crippen LogP contribution < -0.4 is 5.30 Å². The third kappa shape index (κ3) is 10.6. The van der Waals surface area contributed by atoms with Gasteiger partial charge in [-0.3, -0.25) is 0 Å². The van der Waals surface area contributed by atoms with Crippen molar-refractivity contribution >= 4 is 12.4 Å². The third-order valence-electron chi connectivity index (χ3n) is 5.47. The van der Waals surface area contributed by atoms with Crippen LogP contribution in [-0.2, 0) is 4.57 Å². The first-order valence-corrected chi connectivity index (χ1v) is 13.4. The summed E-state index contributed by atoms with van der Waals surface area (Å²) in [6.07, 6.45) is 20.0. The molecule has 0 saturated heterocycles. The summed E-state index contributed by atoms with van der Waals surface area (Å²) in [5.41, 5.74) is 0. The van der Waals surface area contributed by atoms with Gasteiger partial charge in [0.25, 0.3) is 0 Å². The molecule has 0 aliphatic rings. The first-order valence-electron chi connectivity index (χ1n) is 11.4. The van der Waals surface area contributed by atoms with Gasteiger partial charge in [-0.2, -0.15) is 0 Å². The van der Waals surface area contributed by atoms with Crippen molar-refractivity contribution in [3.05, 3.63) is 30.3 Å². The van der Waals surface area contributed by atoms with Gasteiger partial charge < -0.3 is 4.57 Å². The molecular weight excluding hydrogens is 335 g/mol. The van der Waals surface area contributed by atoms with E-state index in [1.54, 1.807) is 0 Å². The molecule has 2 heteroatoms. The Bertz CT molecular complexity index is 446. The molecule has 1 aromatic carbocycles. The summed E-state index contributed by atoms with van der Waals surface area (Å²) in [5.74, 6) is 0. The van der Waals surface area contributed by atoms with E-state index in [4.69, 9.17) is 0 Å². The van der Waals surface area contributed by atoms with Crippen molar-refractivity contribution in [2.45, 2.75) is 104 Å². The lowest BCUT2D eigenvalue weighted by Crippen LogP contribution is -2.11. The predicted octanol–water partition coefficient (Wildman–Crippen LogP) is 8.18. The summed E-state index contributed by atoms with van der Waals surface area (Å²) in [6.45, 7) is 4.53. The van der Waals surface area contributed by atoms with Gasteiger partial charge in [-0.1, -0.05) is 121 Å². The minimum absolute atomic E-state index is 0.917. The quantitative estimate of drug-likeness (QED) is 0.197. The van der Waals surface area contributed by atoms with Gasteiger partial charge in [0.15, 0.2) is 0 Å². The van der Waals surface area contributed by atoms with Crippen molar-refractivity contribution < 1.29 is 4.57 Å². The molecule has 0 aliphatic heterocycles. The van der Waals surface area contributed by atoms with Crippen molar-refractivity contribution in [3.63, 3.8) is 0 Å². The maximum Gasteiger partial charge on any atom is 0.115 e. The van der Waals surface area contributed by atoms with Crippen LogP contribution in [0.1, 0.15) is 104 Å². The Balaban J connectivity index is 2.37. The molecular formula is C24H43OP. The fourth-order valence-electron chi connectivity index (χ4n) is 3.72. The molecule has 0 unspecified atom stereocenters. The van der Waals surface area contributed by atoms with Crippen molar-refractivity contribution in [1.82, 2.24) is 0 Å². The molecule has 1 nitrogen and oxygen atoms in total. The molecule has 0 aromatic heterocycles. The second-order valence-electron chi connectivity index (χ2n) is 7.91. The van der Waals surface area contributed by atoms with Crippen molar-refractivity contribution in [2.75, 3.05) is 12.3 Å². The molecule has 0 radical (unpaired) electrons. The Morgan fingerprint density at radius 2 is 0.962 bits per heavy atom. The highest BCUT2D eigenvalue weighted by Gasteiger charge is 2.23. The minimum atomic E-state index is -2.19. The number of rotatable bonds is 17. The van der Waals surface area contributed by atoms with E-state index < -0.39 is 7.14 Å². The molecule has 1 rings (SSSR count). The molecule has 0 N–H and O–H groups in total. The van der Waals surface area contributed by atoms with E-state index in [0.717, 1.165) is 30.5 Å². The second-order valence-corrected chi connectivity index (χ2v) is 11.1. The molecule has 0 spiro atoms. The molecule has 0 fully saturated rings. The largest absolute Gasteiger partial charge is 0.319 e.